The van der Waals surface area contributed by atoms with Gasteiger partial charge in [0.25, 0.3) is 5.91 Å². The van der Waals surface area contributed by atoms with Gasteiger partial charge in [-0.15, -0.1) is 0 Å². The molecule has 140 valence electrons. The van der Waals surface area contributed by atoms with Crippen LogP contribution in [0.3, 0.4) is 0 Å². The van der Waals surface area contributed by atoms with Crippen molar-refractivity contribution in [1.82, 2.24) is 25.2 Å². The van der Waals surface area contributed by atoms with Gasteiger partial charge in [-0.05, 0) is 33.6 Å². The predicted molar refractivity (Wildman–Crippen MR) is 96.1 cm³/mol. The first-order valence-electron chi connectivity index (χ1n) is 9.00. The van der Waals surface area contributed by atoms with Crippen molar-refractivity contribution in [2.75, 3.05) is 13.1 Å². The molecule has 0 spiro atoms. The maximum absolute atomic E-state index is 13.0. The summed E-state index contributed by atoms with van der Waals surface area (Å²) >= 11 is 0. The van der Waals surface area contributed by atoms with E-state index >= 15 is 0 Å². The van der Waals surface area contributed by atoms with Crippen molar-refractivity contribution >= 4 is 5.91 Å². The highest BCUT2D eigenvalue weighted by atomic mass is 16.5. The van der Waals surface area contributed by atoms with E-state index in [1.165, 1.54) is 6.33 Å². The van der Waals surface area contributed by atoms with Crippen molar-refractivity contribution < 1.29 is 13.8 Å². The van der Waals surface area contributed by atoms with Crippen LogP contribution in [0.15, 0.2) is 27.6 Å². The number of piperidine rings is 1. The average molecular weight is 367 g/mol. The number of rotatable bonds is 3. The smallest absolute Gasteiger partial charge is 0.259 e. The summed E-state index contributed by atoms with van der Waals surface area (Å²) in [5.41, 5.74) is 3.70. The van der Waals surface area contributed by atoms with Crippen LogP contribution in [0, 0.1) is 20.8 Å². The molecule has 1 unspecified atom stereocenters. The number of aryl methyl sites for hydroxylation is 3. The fraction of sp³-hybridized carbons (Fsp3) is 0.421. The zero-order chi connectivity index (χ0) is 19.0. The van der Waals surface area contributed by atoms with E-state index in [0.29, 0.717) is 35.9 Å². The molecule has 3 aromatic heterocycles. The number of nitrogens with zero attached hydrogens (tertiary/aromatic N) is 5. The Balaban J connectivity index is 1.62. The molecular weight excluding hydrogens is 346 g/mol. The second kappa shape index (κ2) is 6.94. The summed E-state index contributed by atoms with van der Waals surface area (Å²) in [4.78, 5) is 23.5. The lowest BCUT2D eigenvalue weighted by Crippen LogP contribution is -2.39. The molecule has 1 aliphatic heterocycles. The zero-order valence-corrected chi connectivity index (χ0v) is 15.6. The lowest BCUT2D eigenvalue weighted by molar-refractivity contribution is 0.0703. The van der Waals surface area contributed by atoms with Gasteiger partial charge in [-0.3, -0.25) is 4.79 Å². The first kappa shape index (κ1) is 17.4. The van der Waals surface area contributed by atoms with Gasteiger partial charge in [-0.1, -0.05) is 10.3 Å². The molecule has 0 N–H and O–H groups in total. The molecule has 0 aliphatic carbocycles. The predicted octanol–water partition coefficient (Wildman–Crippen LogP) is 3.06. The number of aromatic nitrogens is 4. The van der Waals surface area contributed by atoms with E-state index in [1.54, 1.807) is 20.0 Å². The molecule has 1 atom stereocenters. The van der Waals surface area contributed by atoms with E-state index < -0.39 is 0 Å². The lowest BCUT2D eigenvalue weighted by Gasteiger charge is -2.33. The number of likely N-dealkylation sites (tertiary alicyclic amines) is 1. The summed E-state index contributed by atoms with van der Waals surface area (Å²) in [6, 6.07) is 1.87. The summed E-state index contributed by atoms with van der Waals surface area (Å²) in [6.45, 7) is 6.73. The molecule has 3 aromatic rings. The normalized spacial score (nSPS) is 17.3. The van der Waals surface area contributed by atoms with Gasteiger partial charge in [-0.2, -0.15) is 0 Å². The van der Waals surface area contributed by atoms with Gasteiger partial charge in [0.2, 0.25) is 0 Å². The highest BCUT2D eigenvalue weighted by Crippen LogP contribution is 2.33. The molecule has 1 amide bonds. The van der Waals surface area contributed by atoms with Crippen molar-refractivity contribution in [2.24, 2.45) is 0 Å². The second-order valence-corrected chi connectivity index (χ2v) is 6.94. The minimum atomic E-state index is -0.0398. The second-order valence-electron chi connectivity index (χ2n) is 6.94. The van der Waals surface area contributed by atoms with Gasteiger partial charge in [0.1, 0.15) is 17.7 Å². The Morgan fingerprint density at radius 1 is 1.22 bits per heavy atom. The Bertz CT molecular complexity index is 958. The third kappa shape index (κ3) is 3.22. The van der Waals surface area contributed by atoms with Gasteiger partial charge in [0, 0.05) is 31.3 Å². The quantitative estimate of drug-likeness (QED) is 0.701. The van der Waals surface area contributed by atoms with E-state index in [2.05, 4.69) is 20.3 Å². The third-order valence-corrected chi connectivity index (χ3v) is 4.98. The van der Waals surface area contributed by atoms with Crippen LogP contribution in [0.1, 0.15) is 52.0 Å². The van der Waals surface area contributed by atoms with Gasteiger partial charge >= 0.3 is 0 Å². The topological polar surface area (TPSA) is 98.2 Å². The number of amides is 1. The molecule has 4 rings (SSSR count). The number of hydrogen-bond acceptors (Lipinski definition) is 7. The largest absolute Gasteiger partial charge is 0.361 e. The summed E-state index contributed by atoms with van der Waals surface area (Å²) in [7, 11) is 0. The molecule has 8 nitrogen and oxygen atoms in total. The summed E-state index contributed by atoms with van der Waals surface area (Å²) in [5.74, 6) is 1.27. The lowest BCUT2D eigenvalue weighted by atomic mass is 9.91. The molecule has 0 aromatic carbocycles. The molecule has 0 bridgehead atoms. The molecule has 0 radical (unpaired) electrons. The third-order valence-electron chi connectivity index (χ3n) is 4.98. The van der Waals surface area contributed by atoms with Crippen LogP contribution < -0.4 is 0 Å². The zero-order valence-electron chi connectivity index (χ0n) is 15.6. The van der Waals surface area contributed by atoms with Crippen LogP contribution in [-0.4, -0.2) is 44.2 Å². The first-order chi connectivity index (χ1) is 13.0. The number of hydrogen-bond donors (Lipinski definition) is 0. The van der Waals surface area contributed by atoms with E-state index in [0.717, 1.165) is 29.8 Å². The highest BCUT2D eigenvalue weighted by Gasteiger charge is 2.31. The van der Waals surface area contributed by atoms with Gasteiger partial charge in [0.15, 0.2) is 5.76 Å². The molecule has 1 fully saturated rings. The fourth-order valence-corrected chi connectivity index (χ4v) is 3.68. The SMILES string of the molecule is Cc1cc(-c2cncnc2C2CCCN(C(=O)c3c(C)noc3C)C2)on1. The van der Waals surface area contributed by atoms with Gasteiger partial charge in [-0.25, -0.2) is 9.97 Å². The van der Waals surface area contributed by atoms with E-state index in [-0.39, 0.29) is 11.8 Å². The minimum absolute atomic E-state index is 0.0398. The highest BCUT2D eigenvalue weighted by molar-refractivity contribution is 5.96. The maximum Gasteiger partial charge on any atom is 0.259 e. The van der Waals surface area contributed by atoms with Crippen molar-refractivity contribution in [3.8, 4) is 11.3 Å². The summed E-state index contributed by atoms with van der Waals surface area (Å²) in [6.07, 6.45) is 5.13. The summed E-state index contributed by atoms with van der Waals surface area (Å²) < 4.78 is 10.6. The molecule has 4 heterocycles. The molecule has 8 heteroatoms. The van der Waals surface area contributed by atoms with Crippen LogP contribution in [0.4, 0.5) is 0 Å². The Kier molecular flexibility index (Phi) is 4.47. The maximum atomic E-state index is 13.0. The Labute approximate surface area is 156 Å². The van der Waals surface area contributed by atoms with Crippen LogP contribution in [0.2, 0.25) is 0 Å². The van der Waals surface area contributed by atoms with Crippen LogP contribution in [0.5, 0.6) is 0 Å². The average Bonchev–Trinajstić information content (AvgIpc) is 3.26. The van der Waals surface area contributed by atoms with Crippen molar-refractivity contribution in [3.05, 3.63) is 47.0 Å². The Morgan fingerprint density at radius 2 is 2.07 bits per heavy atom. The fourth-order valence-electron chi connectivity index (χ4n) is 3.68. The molecule has 27 heavy (non-hydrogen) atoms. The number of carbonyl (C=O) groups excluding carboxylic acids is 1. The Hall–Kier alpha value is -3.03. The van der Waals surface area contributed by atoms with Crippen LogP contribution in [0.25, 0.3) is 11.3 Å². The molecule has 0 saturated carbocycles. The van der Waals surface area contributed by atoms with Crippen LogP contribution in [-0.2, 0) is 0 Å². The Morgan fingerprint density at radius 3 is 2.78 bits per heavy atom. The standard InChI is InChI=1S/C19H21N5O3/c1-11-7-16(27-22-11)15-8-20-10-21-18(15)14-5-4-6-24(9-14)19(25)17-12(2)23-26-13(17)3/h7-8,10,14H,4-6,9H2,1-3H3. The monoisotopic (exact) mass is 367 g/mol. The van der Waals surface area contributed by atoms with E-state index in [4.69, 9.17) is 9.05 Å². The van der Waals surface area contributed by atoms with Crippen LogP contribution >= 0.6 is 0 Å². The van der Waals surface area contributed by atoms with Gasteiger partial charge in [0.05, 0.1) is 22.6 Å². The minimum Gasteiger partial charge on any atom is -0.361 e. The van der Waals surface area contributed by atoms with E-state index in [9.17, 15) is 4.79 Å². The van der Waals surface area contributed by atoms with Crippen molar-refractivity contribution in [3.63, 3.8) is 0 Å². The molecule has 1 saturated heterocycles. The van der Waals surface area contributed by atoms with Crippen molar-refractivity contribution in [1.29, 1.82) is 0 Å². The first-order valence-corrected chi connectivity index (χ1v) is 9.00. The molecular formula is C19H21N5O3. The van der Waals surface area contributed by atoms with Gasteiger partial charge < -0.3 is 13.9 Å². The summed E-state index contributed by atoms with van der Waals surface area (Å²) in [5, 5.41) is 7.87. The molecule has 1 aliphatic rings. The van der Waals surface area contributed by atoms with E-state index in [1.807, 2.05) is 17.9 Å². The number of carbonyl (C=O) groups is 1. The van der Waals surface area contributed by atoms with Crippen molar-refractivity contribution in [2.45, 2.75) is 39.5 Å².